The summed E-state index contributed by atoms with van der Waals surface area (Å²) in [5, 5.41) is 0. The Morgan fingerprint density at radius 1 is 1.00 bits per heavy atom. The molecule has 0 unspecified atom stereocenters. The van der Waals surface area contributed by atoms with Gasteiger partial charge in [-0.2, -0.15) is 0 Å². The van der Waals surface area contributed by atoms with Crippen LogP contribution in [-0.2, 0) is 5.41 Å². The fourth-order valence-electron chi connectivity index (χ4n) is 0.780. The second-order valence-corrected chi connectivity index (χ2v) is 3.83. The Labute approximate surface area is 81.4 Å². The molecule has 2 nitrogen and oxygen atoms in total. The molecule has 0 spiro atoms. The first-order chi connectivity index (χ1) is 6.00. The summed E-state index contributed by atoms with van der Waals surface area (Å²) in [6, 6.07) is 0. The summed E-state index contributed by atoms with van der Waals surface area (Å²) in [5.74, 6) is 0.906. The first-order valence-corrected chi connectivity index (χ1v) is 4.79. The molecule has 74 valence electrons. The molecule has 13 heavy (non-hydrogen) atoms. The van der Waals surface area contributed by atoms with Crippen LogP contribution < -0.4 is 0 Å². The minimum atomic E-state index is 0.0632. The van der Waals surface area contributed by atoms with E-state index in [-0.39, 0.29) is 5.41 Å². The molecule has 0 bridgehead atoms. The van der Waals surface area contributed by atoms with Gasteiger partial charge in [-0.15, -0.1) is 0 Å². The van der Waals surface area contributed by atoms with Gasteiger partial charge in [-0.3, -0.25) is 0 Å². The van der Waals surface area contributed by atoms with E-state index in [0.29, 0.717) is 0 Å². The van der Waals surface area contributed by atoms with Gasteiger partial charge in [0.25, 0.3) is 0 Å². The molecular formula is C11H20N2. The van der Waals surface area contributed by atoms with Crippen LogP contribution in [0.25, 0.3) is 0 Å². The molecular weight excluding hydrogens is 160 g/mol. The third-order valence-corrected chi connectivity index (χ3v) is 1.45. The highest BCUT2D eigenvalue weighted by atomic mass is 14.9. The first-order valence-electron chi connectivity index (χ1n) is 4.79. The van der Waals surface area contributed by atoms with Crippen LogP contribution in [0.2, 0.25) is 0 Å². The van der Waals surface area contributed by atoms with Crippen molar-refractivity contribution in [1.82, 2.24) is 9.97 Å². The minimum absolute atomic E-state index is 0.0632. The lowest BCUT2D eigenvalue weighted by Crippen LogP contribution is -2.15. The fourth-order valence-corrected chi connectivity index (χ4v) is 0.780. The Morgan fingerprint density at radius 2 is 1.38 bits per heavy atom. The largest absolute Gasteiger partial charge is 0.241 e. The monoisotopic (exact) mass is 180 g/mol. The summed E-state index contributed by atoms with van der Waals surface area (Å²) in [6.07, 6.45) is 3.71. The third-order valence-electron chi connectivity index (χ3n) is 1.45. The molecule has 0 N–H and O–H groups in total. The first kappa shape index (κ1) is 12.1. The van der Waals surface area contributed by atoms with Crippen molar-refractivity contribution < 1.29 is 0 Å². The zero-order valence-corrected chi connectivity index (χ0v) is 9.55. The highest BCUT2D eigenvalue weighted by Gasteiger charge is 2.15. The number of aryl methyl sites for hydroxylation is 1. The van der Waals surface area contributed by atoms with Gasteiger partial charge in [0.2, 0.25) is 0 Å². The standard InChI is InChI=1S/C9H14N2.C2H6/c1-7-5-10-8(11-6-7)9(2,3)4;1-2/h5-6H,1-4H3;1-2H3. The minimum Gasteiger partial charge on any atom is -0.241 e. The van der Waals surface area contributed by atoms with Crippen LogP contribution in [0.5, 0.6) is 0 Å². The van der Waals surface area contributed by atoms with E-state index in [4.69, 9.17) is 0 Å². The molecule has 0 aliphatic carbocycles. The van der Waals surface area contributed by atoms with Crippen molar-refractivity contribution in [3.8, 4) is 0 Å². The lowest BCUT2D eigenvalue weighted by Gasteiger charge is -2.15. The van der Waals surface area contributed by atoms with Crippen molar-refractivity contribution in [1.29, 1.82) is 0 Å². The van der Waals surface area contributed by atoms with Crippen molar-refractivity contribution in [2.24, 2.45) is 0 Å². The van der Waals surface area contributed by atoms with Crippen LogP contribution in [0.15, 0.2) is 12.4 Å². The van der Waals surface area contributed by atoms with Crippen molar-refractivity contribution in [2.75, 3.05) is 0 Å². The predicted octanol–water partition coefficient (Wildman–Crippen LogP) is 3.11. The molecule has 0 aliphatic rings. The molecule has 0 radical (unpaired) electrons. The molecule has 0 saturated heterocycles. The molecule has 0 amide bonds. The molecule has 2 heteroatoms. The van der Waals surface area contributed by atoms with Crippen LogP contribution in [0.4, 0.5) is 0 Å². The molecule has 1 rings (SSSR count). The van der Waals surface area contributed by atoms with E-state index in [1.807, 2.05) is 33.2 Å². The second-order valence-electron chi connectivity index (χ2n) is 3.83. The van der Waals surface area contributed by atoms with Crippen molar-refractivity contribution >= 4 is 0 Å². The zero-order valence-electron chi connectivity index (χ0n) is 9.55. The lowest BCUT2D eigenvalue weighted by molar-refractivity contribution is 0.544. The summed E-state index contributed by atoms with van der Waals surface area (Å²) in [4.78, 5) is 8.48. The average molecular weight is 180 g/mol. The Hall–Kier alpha value is -0.920. The van der Waals surface area contributed by atoms with E-state index in [1.54, 1.807) is 0 Å². The van der Waals surface area contributed by atoms with Gasteiger partial charge >= 0.3 is 0 Å². The fraction of sp³-hybridized carbons (Fsp3) is 0.636. The number of aromatic nitrogens is 2. The number of nitrogens with zero attached hydrogens (tertiary/aromatic N) is 2. The molecule has 1 heterocycles. The maximum Gasteiger partial charge on any atom is 0.133 e. The van der Waals surface area contributed by atoms with Gasteiger partial charge in [0.05, 0.1) is 0 Å². The predicted molar refractivity (Wildman–Crippen MR) is 56.8 cm³/mol. The van der Waals surface area contributed by atoms with Gasteiger partial charge in [0.15, 0.2) is 0 Å². The molecule has 0 fully saturated rings. The Balaban J connectivity index is 0.000000671. The van der Waals surface area contributed by atoms with E-state index in [9.17, 15) is 0 Å². The molecule has 0 saturated carbocycles. The average Bonchev–Trinajstić information content (AvgIpc) is 2.07. The van der Waals surface area contributed by atoms with Gasteiger partial charge in [0, 0.05) is 17.8 Å². The van der Waals surface area contributed by atoms with E-state index in [1.165, 1.54) is 0 Å². The topological polar surface area (TPSA) is 25.8 Å². The summed E-state index contributed by atoms with van der Waals surface area (Å²) >= 11 is 0. The van der Waals surface area contributed by atoms with Crippen molar-refractivity contribution in [3.05, 3.63) is 23.8 Å². The van der Waals surface area contributed by atoms with Crippen LogP contribution in [0, 0.1) is 6.92 Å². The molecule has 0 aliphatic heterocycles. The molecule has 0 aromatic carbocycles. The summed E-state index contributed by atoms with van der Waals surface area (Å²) < 4.78 is 0. The highest BCUT2D eigenvalue weighted by molar-refractivity contribution is 5.07. The normalized spacial score (nSPS) is 10.3. The highest BCUT2D eigenvalue weighted by Crippen LogP contribution is 2.16. The summed E-state index contributed by atoms with van der Waals surface area (Å²) in [5.41, 5.74) is 1.17. The van der Waals surface area contributed by atoms with Crippen molar-refractivity contribution in [3.63, 3.8) is 0 Å². The third kappa shape index (κ3) is 4.02. The Bertz CT molecular complexity index is 231. The van der Waals surface area contributed by atoms with Crippen LogP contribution in [-0.4, -0.2) is 9.97 Å². The quantitative estimate of drug-likeness (QED) is 0.613. The smallest absolute Gasteiger partial charge is 0.133 e. The number of hydrogen-bond acceptors (Lipinski definition) is 2. The molecule has 0 atom stereocenters. The van der Waals surface area contributed by atoms with E-state index in [0.717, 1.165) is 11.4 Å². The van der Waals surface area contributed by atoms with E-state index in [2.05, 4.69) is 30.7 Å². The van der Waals surface area contributed by atoms with Crippen LogP contribution >= 0.6 is 0 Å². The maximum atomic E-state index is 4.24. The van der Waals surface area contributed by atoms with Gasteiger partial charge in [-0.25, -0.2) is 9.97 Å². The number of rotatable bonds is 0. The van der Waals surface area contributed by atoms with Crippen molar-refractivity contribution in [2.45, 2.75) is 47.0 Å². The SMILES string of the molecule is CC.Cc1cnc(C(C)(C)C)nc1. The number of hydrogen-bond donors (Lipinski definition) is 0. The maximum absolute atomic E-state index is 4.24. The van der Waals surface area contributed by atoms with Gasteiger partial charge in [-0.05, 0) is 12.5 Å². The van der Waals surface area contributed by atoms with E-state index >= 15 is 0 Å². The molecule has 1 aromatic rings. The molecule has 1 aromatic heterocycles. The summed E-state index contributed by atoms with van der Waals surface area (Å²) in [7, 11) is 0. The van der Waals surface area contributed by atoms with Gasteiger partial charge < -0.3 is 0 Å². The van der Waals surface area contributed by atoms with Crippen LogP contribution in [0.3, 0.4) is 0 Å². The van der Waals surface area contributed by atoms with E-state index < -0.39 is 0 Å². The summed E-state index contributed by atoms with van der Waals surface area (Å²) in [6.45, 7) is 12.3. The van der Waals surface area contributed by atoms with Gasteiger partial charge in [-0.1, -0.05) is 34.6 Å². The zero-order chi connectivity index (χ0) is 10.5. The van der Waals surface area contributed by atoms with Gasteiger partial charge in [0.1, 0.15) is 5.82 Å². The lowest BCUT2D eigenvalue weighted by atomic mass is 9.96. The van der Waals surface area contributed by atoms with Crippen LogP contribution in [0.1, 0.15) is 46.0 Å². The second kappa shape index (κ2) is 4.95. The Kier molecular flexibility index (Phi) is 4.60. The Morgan fingerprint density at radius 3 is 1.69 bits per heavy atom.